The summed E-state index contributed by atoms with van der Waals surface area (Å²) in [5, 5.41) is 7.63. The third-order valence-corrected chi connectivity index (χ3v) is 5.74. The molecule has 0 saturated carbocycles. The van der Waals surface area contributed by atoms with Gasteiger partial charge < -0.3 is 5.32 Å². The van der Waals surface area contributed by atoms with Crippen LogP contribution >= 0.6 is 0 Å². The lowest BCUT2D eigenvalue weighted by atomic mass is 10.0. The largest absolute Gasteiger partial charge is 0.326 e. The number of nitrogens with one attached hydrogen (secondary N) is 1. The zero-order valence-electron chi connectivity index (χ0n) is 18.8. The van der Waals surface area contributed by atoms with Gasteiger partial charge in [-0.3, -0.25) is 9.59 Å². The number of carbonyl (C=O) groups excluding carboxylic acids is 2. The predicted molar refractivity (Wildman–Crippen MR) is 126 cm³/mol. The van der Waals surface area contributed by atoms with Gasteiger partial charge in [0.05, 0.1) is 5.69 Å². The van der Waals surface area contributed by atoms with Crippen molar-refractivity contribution in [3.05, 3.63) is 82.8 Å². The minimum Gasteiger partial charge on any atom is -0.326 e. The highest BCUT2D eigenvalue weighted by atomic mass is 16.1. The number of carbonyl (C=O) groups is 2. The molecule has 6 heteroatoms. The highest BCUT2D eigenvalue weighted by Crippen LogP contribution is 2.29. The summed E-state index contributed by atoms with van der Waals surface area (Å²) in [7, 11) is 0. The number of hydrogen-bond acceptors (Lipinski definition) is 4. The Kier molecular flexibility index (Phi) is 5.86. The zero-order chi connectivity index (χ0) is 22.8. The van der Waals surface area contributed by atoms with E-state index in [4.69, 9.17) is 10.1 Å². The van der Waals surface area contributed by atoms with Gasteiger partial charge in [-0.15, -0.1) is 0 Å². The van der Waals surface area contributed by atoms with Crippen molar-refractivity contribution in [3.8, 4) is 11.1 Å². The standard InChI is InChI=1S/C26H26N4O2/c1-16-23(14-15-24(32)28-22-12-10-20(11-13-22)19(4)31)18(3)30-26(27-16)25(17(2)29-30)21-8-6-5-7-9-21/h5-13H,14-15H2,1-4H3,(H,28,32). The maximum atomic E-state index is 12.5. The Morgan fingerprint density at radius 1 is 0.938 bits per heavy atom. The van der Waals surface area contributed by atoms with Crippen LogP contribution in [0.3, 0.4) is 0 Å². The van der Waals surface area contributed by atoms with E-state index >= 15 is 0 Å². The molecule has 0 radical (unpaired) electrons. The van der Waals surface area contributed by atoms with Crippen LogP contribution < -0.4 is 5.32 Å². The molecule has 4 aromatic rings. The molecule has 6 nitrogen and oxygen atoms in total. The van der Waals surface area contributed by atoms with Crippen LogP contribution in [0.5, 0.6) is 0 Å². The van der Waals surface area contributed by atoms with Gasteiger partial charge >= 0.3 is 0 Å². The van der Waals surface area contributed by atoms with Gasteiger partial charge in [0.2, 0.25) is 5.91 Å². The van der Waals surface area contributed by atoms with Crippen molar-refractivity contribution in [2.75, 3.05) is 5.32 Å². The minimum atomic E-state index is -0.0823. The van der Waals surface area contributed by atoms with E-state index in [-0.39, 0.29) is 11.7 Å². The molecule has 0 aliphatic carbocycles. The average molecular weight is 427 g/mol. The molecule has 0 saturated heterocycles. The summed E-state index contributed by atoms with van der Waals surface area (Å²) < 4.78 is 1.89. The monoisotopic (exact) mass is 426 g/mol. The topological polar surface area (TPSA) is 76.4 Å². The molecule has 32 heavy (non-hydrogen) atoms. The first-order chi connectivity index (χ1) is 15.3. The van der Waals surface area contributed by atoms with Gasteiger partial charge in [0, 0.05) is 34.6 Å². The first kappa shape index (κ1) is 21.4. The van der Waals surface area contributed by atoms with Crippen molar-refractivity contribution < 1.29 is 9.59 Å². The lowest BCUT2D eigenvalue weighted by Crippen LogP contribution is -2.14. The van der Waals surface area contributed by atoms with E-state index in [1.807, 2.05) is 43.5 Å². The van der Waals surface area contributed by atoms with Crippen LogP contribution in [0.15, 0.2) is 54.6 Å². The molecule has 2 aromatic heterocycles. The maximum absolute atomic E-state index is 12.5. The number of fused-ring (bicyclic) bond motifs is 1. The fraction of sp³-hybridized carbons (Fsp3) is 0.231. The van der Waals surface area contributed by atoms with Crippen molar-refractivity contribution in [3.63, 3.8) is 0 Å². The summed E-state index contributed by atoms with van der Waals surface area (Å²) in [6.07, 6.45) is 0.896. The molecule has 1 amide bonds. The summed E-state index contributed by atoms with van der Waals surface area (Å²) >= 11 is 0. The van der Waals surface area contributed by atoms with E-state index in [0.29, 0.717) is 24.1 Å². The van der Waals surface area contributed by atoms with E-state index in [1.165, 1.54) is 6.92 Å². The Morgan fingerprint density at radius 2 is 1.62 bits per heavy atom. The van der Waals surface area contributed by atoms with Gasteiger partial charge in [0.15, 0.2) is 11.4 Å². The first-order valence-corrected chi connectivity index (χ1v) is 10.7. The number of Topliss-reactive ketones (excluding diaryl/α,β-unsaturated/α-hetero) is 1. The summed E-state index contributed by atoms with van der Waals surface area (Å²) in [4.78, 5) is 28.8. The van der Waals surface area contributed by atoms with Crippen molar-refractivity contribution in [2.24, 2.45) is 0 Å². The Labute approximate surface area is 187 Å². The number of amides is 1. The van der Waals surface area contributed by atoms with E-state index in [9.17, 15) is 9.59 Å². The van der Waals surface area contributed by atoms with Crippen LogP contribution in [0, 0.1) is 20.8 Å². The summed E-state index contributed by atoms with van der Waals surface area (Å²) in [6.45, 7) is 7.53. The number of benzene rings is 2. The number of rotatable bonds is 6. The molecule has 0 aliphatic rings. The molecular formula is C26H26N4O2. The molecule has 162 valence electrons. The van der Waals surface area contributed by atoms with Gasteiger partial charge in [-0.05, 0) is 69.5 Å². The molecule has 0 aliphatic heterocycles. The lowest BCUT2D eigenvalue weighted by Gasteiger charge is -2.12. The Morgan fingerprint density at radius 3 is 2.28 bits per heavy atom. The molecule has 4 rings (SSSR count). The Bertz CT molecular complexity index is 1310. The van der Waals surface area contributed by atoms with Crippen LogP contribution in [-0.2, 0) is 11.2 Å². The third kappa shape index (κ3) is 4.17. The number of anilines is 1. The van der Waals surface area contributed by atoms with Crippen LogP contribution in [0.25, 0.3) is 16.8 Å². The first-order valence-electron chi connectivity index (χ1n) is 10.7. The van der Waals surface area contributed by atoms with Gasteiger partial charge in [0.1, 0.15) is 0 Å². The maximum Gasteiger partial charge on any atom is 0.224 e. The minimum absolute atomic E-state index is 0.000925. The average Bonchev–Trinajstić information content (AvgIpc) is 3.10. The highest BCUT2D eigenvalue weighted by Gasteiger charge is 2.18. The normalized spacial score (nSPS) is 11.0. The van der Waals surface area contributed by atoms with E-state index in [2.05, 4.69) is 17.4 Å². The molecule has 2 aromatic carbocycles. The van der Waals surface area contributed by atoms with Gasteiger partial charge in [-0.1, -0.05) is 30.3 Å². The fourth-order valence-electron chi connectivity index (χ4n) is 4.02. The van der Waals surface area contributed by atoms with Gasteiger partial charge in [0.25, 0.3) is 0 Å². The molecule has 2 heterocycles. The fourth-order valence-corrected chi connectivity index (χ4v) is 4.02. The number of hydrogen-bond donors (Lipinski definition) is 1. The highest BCUT2D eigenvalue weighted by molar-refractivity contribution is 5.95. The lowest BCUT2D eigenvalue weighted by molar-refractivity contribution is -0.116. The summed E-state index contributed by atoms with van der Waals surface area (Å²) in [5.41, 5.74) is 8.13. The van der Waals surface area contributed by atoms with Gasteiger partial charge in [-0.2, -0.15) is 5.10 Å². The molecule has 0 spiro atoms. The predicted octanol–water partition coefficient (Wildman–Crippen LogP) is 5.10. The second-order valence-corrected chi connectivity index (χ2v) is 8.00. The van der Waals surface area contributed by atoms with E-state index in [1.54, 1.807) is 24.3 Å². The molecule has 0 atom stereocenters. The SMILES string of the molecule is CC(=O)c1ccc(NC(=O)CCc2c(C)nc3c(-c4ccccc4)c(C)nn3c2C)cc1. The number of aromatic nitrogens is 3. The van der Waals surface area contributed by atoms with E-state index in [0.717, 1.165) is 39.4 Å². The van der Waals surface area contributed by atoms with Crippen molar-refractivity contribution in [1.29, 1.82) is 0 Å². The van der Waals surface area contributed by atoms with Crippen molar-refractivity contribution >= 4 is 23.0 Å². The Balaban J connectivity index is 1.55. The number of nitrogens with zero attached hydrogens (tertiary/aromatic N) is 3. The third-order valence-electron chi connectivity index (χ3n) is 5.74. The van der Waals surface area contributed by atoms with Crippen LogP contribution in [-0.4, -0.2) is 26.3 Å². The molecule has 0 unspecified atom stereocenters. The second-order valence-electron chi connectivity index (χ2n) is 8.00. The van der Waals surface area contributed by atoms with Crippen molar-refractivity contribution in [1.82, 2.24) is 14.6 Å². The summed E-state index contributed by atoms with van der Waals surface area (Å²) in [6, 6.07) is 17.1. The molecule has 0 fully saturated rings. The second kappa shape index (κ2) is 8.75. The van der Waals surface area contributed by atoms with E-state index < -0.39 is 0 Å². The zero-order valence-corrected chi connectivity index (χ0v) is 18.8. The van der Waals surface area contributed by atoms with Crippen LogP contribution in [0.2, 0.25) is 0 Å². The van der Waals surface area contributed by atoms with Gasteiger partial charge in [-0.25, -0.2) is 9.50 Å². The number of ketones is 1. The summed E-state index contributed by atoms with van der Waals surface area (Å²) in [5.74, 6) is -0.0814. The molecular weight excluding hydrogens is 400 g/mol. The van der Waals surface area contributed by atoms with Crippen LogP contribution in [0.1, 0.15) is 46.3 Å². The molecule has 0 bridgehead atoms. The molecule has 1 N–H and O–H groups in total. The Hall–Kier alpha value is -3.80. The number of aryl methyl sites for hydroxylation is 3. The van der Waals surface area contributed by atoms with Crippen molar-refractivity contribution in [2.45, 2.75) is 40.5 Å². The smallest absolute Gasteiger partial charge is 0.224 e. The quantitative estimate of drug-likeness (QED) is 0.436. The van der Waals surface area contributed by atoms with Crippen LogP contribution in [0.4, 0.5) is 5.69 Å².